The second-order valence-corrected chi connectivity index (χ2v) is 3.43. The van der Waals surface area contributed by atoms with Gasteiger partial charge in [0.1, 0.15) is 5.69 Å². The lowest BCUT2D eigenvalue weighted by atomic mass is 10.0. The third-order valence-corrected chi connectivity index (χ3v) is 2.47. The number of hydrogen-bond donors (Lipinski definition) is 1. The molecule has 0 aliphatic carbocycles. The van der Waals surface area contributed by atoms with Gasteiger partial charge in [0.25, 0.3) is 0 Å². The van der Waals surface area contributed by atoms with E-state index in [4.69, 9.17) is 4.74 Å². The van der Waals surface area contributed by atoms with E-state index in [-0.39, 0.29) is 0 Å². The second kappa shape index (κ2) is 4.43. The maximum absolute atomic E-state index is 10.5. The molecule has 16 heavy (non-hydrogen) atoms. The van der Waals surface area contributed by atoms with Crippen LogP contribution in [-0.2, 0) is 10.5 Å². The fourth-order valence-electron chi connectivity index (χ4n) is 1.60. The molecule has 1 aromatic carbocycles. The summed E-state index contributed by atoms with van der Waals surface area (Å²) in [6, 6.07) is 14.5. The quantitative estimate of drug-likeness (QED) is 0.795. The zero-order valence-electron chi connectivity index (χ0n) is 9.00. The van der Waals surface area contributed by atoms with Crippen LogP contribution < -0.4 is 0 Å². The van der Waals surface area contributed by atoms with E-state index in [1.165, 1.54) is 7.11 Å². The number of benzene rings is 1. The Morgan fingerprint density at radius 2 is 1.75 bits per heavy atom. The highest BCUT2D eigenvalue weighted by Crippen LogP contribution is 2.28. The van der Waals surface area contributed by atoms with Crippen molar-refractivity contribution < 1.29 is 9.84 Å². The van der Waals surface area contributed by atoms with Gasteiger partial charge in [-0.15, -0.1) is 0 Å². The fraction of sp³-hybridized carbons (Fsp3) is 0.154. The molecule has 0 saturated heterocycles. The first-order valence-electron chi connectivity index (χ1n) is 5.02. The van der Waals surface area contributed by atoms with Gasteiger partial charge in [-0.05, 0) is 12.1 Å². The molecule has 3 heteroatoms. The van der Waals surface area contributed by atoms with Gasteiger partial charge in [-0.2, -0.15) is 0 Å². The molecule has 0 fully saturated rings. The predicted octanol–water partition coefficient (Wildman–Crippen LogP) is 1.92. The van der Waals surface area contributed by atoms with Crippen LogP contribution in [0.2, 0.25) is 0 Å². The van der Waals surface area contributed by atoms with Crippen molar-refractivity contribution in [3.8, 4) is 0 Å². The summed E-state index contributed by atoms with van der Waals surface area (Å²) in [6.07, 6.45) is 1.63. The van der Waals surface area contributed by atoms with Gasteiger partial charge in [-0.3, -0.25) is 4.98 Å². The van der Waals surface area contributed by atoms with Crippen molar-refractivity contribution in [2.24, 2.45) is 0 Å². The third kappa shape index (κ3) is 1.83. The highest BCUT2D eigenvalue weighted by Gasteiger charge is 2.32. The Kier molecular flexibility index (Phi) is 2.99. The summed E-state index contributed by atoms with van der Waals surface area (Å²) in [5.41, 5.74) is 1.14. The van der Waals surface area contributed by atoms with Crippen LogP contribution in [0.1, 0.15) is 11.3 Å². The van der Waals surface area contributed by atoms with E-state index in [9.17, 15) is 5.11 Å². The highest BCUT2D eigenvalue weighted by atomic mass is 16.6. The normalized spacial score (nSPS) is 14.4. The lowest BCUT2D eigenvalue weighted by Gasteiger charge is -2.26. The molecule has 2 aromatic rings. The Balaban J connectivity index is 2.49. The SMILES string of the molecule is COC(O)(c1ccccc1)c1ccccn1. The summed E-state index contributed by atoms with van der Waals surface area (Å²) >= 11 is 0. The minimum Gasteiger partial charge on any atom is -0.357 e. The number of nitrogens with zero attached hydrogens (tertiary/aromatic N) is 1. The fourth-order valence-corrected chi connectivity index (χ4v) is 1.60. The van der Waals surface area contributed by atoms with E-state index in [1.807, 2.05) is 24.3 Å². The van der Waals surface area contributed by atoms with Gasteiger partial charge in [-0.25, -0.2) is 0 Å². The van der Waals surface area contributed by atoms with Crippen LogP contribution in [0.3, 0.4) is 0 Å². The Morgan fingerprint density at radius 1 is 1.06 bits per heavy atom. The minimum atomic E-state index is -1.48. The van der Waals surface area contributed by atoms with Crippen LogP contribution in [0.5, 0.6) is 0 Å². The van der Waals surface area contributed by atoms with Crippen molar-refractivity contribution in [3.63, 3.8) is 0 Å². The first-order chi connectivity index (χ1) is 7.77. The zero-order chi connectivity index (χ0) is 11.4. The summed E-state index contributed by atoms with van der Waals surface area (Å²) in [6.45, 7) is 0. The monoisotopic (exact) mass is 215 g/mol. The molecule has 0 aliphatic rings. The van der Waals surface area contributed by atoms with Crippen LogP contribution in [0.25, 0.3) is 0 Å². The average Bonchev–Trinajstić information content (AvgIpc) is 2.40. The predicted molar refractivity (Wildman–Crippen MR) is 60.7 cm³/mol. The van der Waals surface area contributed by atoms with E-state index in [0.717, 1.165) is 0 Å². The average molecular weight is 215 g/mol. The van der Waals surface area contributed by atoms with Crippen LogP contribution in [0, 0.1) is 0 Å². The number of rotatable bonds is 3. The standard InChI is InChI=1S/C13H13NO2/c1-16-13(15,11-7-3-2-4-8-11)12-9-5-6-10-14-12/h2-10,15H,1H3. The Morgan fingerprint density at radius 3 is 2.31 bits per heavy atom. The van der Waals surface area contributed by atoms with Gasteiger partial charge >= 0.3 is 0 Å². The maximum atomic E-state index is 10.5. The molecular weight excluding hydrogens is 202 g/mol. The Hall–Kier alpha value is -1.71. The van der Waals surface area contributed by atoms with Crippen molar-refractivity contribution in [1.82, 2.24) is 4.98 Å². The molecule has 0 spiro atoms. The van der Waals surface area contributed by atoms with E-state index >= 15 is 0 Å². The number of ether oxygens (including phenoxy) is 1. The lowest BCUT2D eigenvalue weighted by Crippen LogP contribution is -2.30. The summed E-state index contributed by atoms with van der Waals surface area (Å²) in [5.74, 6) is -1.48. The summed E-state index contributed by atoms with van der Waals surface area (Å²) in [7, 11) is 1.46. The molecule has 0 saturated carbocycles. The first kappa shape index (κ1) is 10.8. The van der Waals surface area contributed by atoms with E-state index in [2.05, 4.69) is 4.98 Å². The lowest BCUT2D eigenvalue weighted by molar-refractivity contribution is -0.162. The number of pyridine rings is 1. The molecule has 1 unspecified atom stereocenters. The zero-order valence-corrected chi connectivity index (χ0v) is 9.00. The molecule has 3 nitrogen and oxygen atoms in total. The Bertz CT molecular complexity index is 403. The summed E-state index contributed by atoms with van der Waals surface area (Å²) < 4.78 is 5.20. The van der Waals surface area contributed by atoms with Crippen molar-refractivity contribution in [2.75, 3.05) is 7.11 Å². The smallest absolute Gasteiger partial charge is 0.237 e. The molecule has 82 valence electrons. The molecule has 1 N–H and O–H groups in total. The molecule has 0 amide bonds. The van der Waals surface area contributed by atoms with Crippen molar-refractivity contribution >= 4 is 0 Å². The van der Waals surface area contributed by atoms with E-state index in [1.54, 1.807) is 30.5 Å². The molecular formula is C13H13NO2. The maximum Gasteiger partial charge on any atom is 0.237 e. The van der Waals surface area contributed by atoms with E-state index in [0.29, 0.717) is 11.3 Å². The van der Waals surface area contributed by atoms with Crippen molar-refractivity contribution in [3.05, 3.63) is 66.0 Å². The van der Waals surface area contributed by atoms with E-state index < -0.39 is 5.79 Å². The Labute approximate surface area is 94.3 Å². The minimum absolute atomic E-state index is 0.476. The topological polar surface area (TPSA) is 42.4 Å². The molecule has 1 aromatic heterocycles. The molecule has 0 bridgehead atoms. The van der Waals surface area contributed by atoms with Crippen LogP contribution >= 0.6 is 0 Å². The molecule has 0 aliphatic heterocycles. The number of aliphatic hydroxyl groups is 1. The van der Waals surface area contributed by atoms with Gasteiger partial charge in [0.15, 0.2) is 0 Å². The first-order valence-corrected chi connectivity index (χ1v) is 5.02. The van der Waals surface area contributed by atoms with Crippen molar-refractivity contribution in [2.45, 2.75) is 5.79 Å². The molecule has 1 atom stereocenters. The van der Waals surface area contributed by atoms with Gasteiger partial charge in [0.2, 0.25) is 5.79 Å². The third-order valence-electron chi connectivity index (χ3n) is 2.47. The number of hydrogen-bond acceptors (Lipinski definition) is 3. The van der Waals surface area contributed by atoms with Gasteiger partial charge in [0, 0.05) is 18.9 Å². The van der Waals surface area contributed by atoms with Crippen LogP contribution in [-0.4, -0.2) is 17.2 Å². The van der Waals surface area contributed by atoms with Gasteiger partial charge < -0.3 is 9.84 Å². The number of methoxy groups -OCH3 is 1. The molecule has 2 rings (SSSR count). The highest BCUT2D eigenvalue weighted by molar-refractivity contribution is 5.28. The summed E-state index contributed by atoms with van der Waals surface area (Å²) in [4.78, 5) is 4.12. The largest absolute Gasteiger partial charge is 0.357 e. The van der Waals surface area contributed by atoms with Crippen molar-refractivity contribution in [1.29, 1.82) is 0 Å². The number of aromatic nitrogens is 1. The van der Waals surface area contributed by atoms with Crippen LogP contribution in [0.4, 0.5) is 0 Å². The second-order valence-electron chi connectivity index (χ2n) is 3.43. The molecule has 1 heterocycles. The van der Waals surface area contributed by atoms with Gasteiger partial charge in [0.05, 0.1) is 0 Å². The summed E-state index contributed by atoms with van der Waals surface area (Å²) in [5, 5.41) is 10.5. The van der Waals surface area contributed by atoms with Crippen LogP contribution in [0.15, 0.2) is 54.7 Å². The molecule has 0 radical (unpaired) electrons. The van der Waals surface area contributed by atoms with Gasteiger partial charge in [-0.1, -0.05) is 36.4 Å².